The summed E-state index contributed by atoms with van der Waals surface area (Å²) >= 11 is 1.71. The van der Waals surface area contributed by atoms with Gasteiger partial charge in [0.05, 0.1) is 6.26 Å². The third-order valence-electron chi connectivity index (χ3n) is 5.34. The molecular weight excluding hydrogens is 408 g/mol. The number of aromatic nitrogens is 2. The summed E-state index contributed by atoms with van der Waals surface area (Å²) in [4.78, 5) is 27.7. The summed E-state index contributed by atoms with van der Waals surface area (Å²) in [7, 11) is 0. The van der Waals surface area contributed by atoms with Gasteiger partial charge in [-0.2, -0.15) is 0 Å². The zero-order valence-corrected chi connectivity index (χ0v) is 19.1. The van der Waals surface area contributed by atoms with Gasteiger partial charge in [0.25, 0.3) is 5.91 Å². The third-order valence-corrected chi connectivity index (χ3v) is 6.40. The van der Waals surface area contributed by atoms with Gasteiger partial charge >= 0.3 is 0 Å². The van der Waals surface area contributed by atoms with Gasteiger partial charge in [0.1, 0.15) is 11.6 Å². The smallest absolute Gasteiger partial charge is 0.289 e. The van der Waals surface area contributed by atoms with Crippen molar-refractivity contribution in [2.75, 3.05) is 31.1 Å². The van der Waals surface area contributed by atoms with Crippen molar-refractivity contribution in [3.8, 4) is 0 Å². The number of aryl methyl sites for hydroxylation is 1. The van der Waals surface area contributed by atoms with E-state index in [0.29, 0.717) is 24.6 Å². The molecule has 0 N–H and O–H groups in total. The normalized spacial score (nSPS) is 14.3. The predicted octanol–water partition coefficient (Wildman–Crippen LogP) is 4.76. The van der Waals surface area contributed by atoms with Gasteiger partial charge in [-0.05, 0) is 25.1 Å². The second-order valence-corrected chi connectivity index (χ2v) is 9.09. The summed E-state index contributed by atoms with van der Waals surface area (Å²) in [5.74, 6) is 3.23. The molecule has 0 unspecified atom stereocenters. The molecule has 0 spiro atoms. The van der Waals surface area contributed by atoms with E-state index in [1.807, 2.05) is 42.2 Å². The number of benzene rings is 1. The maximum atomic E-state index is 13.1. The highest BCUT2D eigenvalue weighted by Gasteiger charge is 2.27. The molecule has 0 aliphatic carbocycles. The largest absolute Gasteiger partial charge is 0.459 e. The van der Waals surface area contributed by atoms with Gasteiger partial charge < -0.3 is 14.2 Å². The Bertz CT molecular complexity index is 1030. The summed E-state index contributed by atoms with van der Waals surface area (Å²) in [6.07, 6.45) is 1.61. The Hall–Kier alpha value is -2.80. The molecule has 2 aromatic heterocycles. The van der Waals surface area contributed by atoms with Gasteiger partial charge in [0.15, 0.2) is 5.76 Å². The minimum atomic E-state index is -0.0324. The molecule has 0 saturated carbocycles. The SMILES string of the molecule is Cc1cc(N2CCN(C(=O)c3occc3CSc3ccccc3)CC2)nc(C(C)C)n1. The lowest BCUT2D eigenvalue weighted by atomic mass is 10.2. The first-order valence-electron chi connectivity index (χ1n) is 10.7. The Morgan fingerprint density at radius 2 is 1.84 bits per heavy atom. The lowest BCUT2D eigenvalue weighted by Gasteiger charge is -2.35. The topological polar surface area (TPSA) is 62.5 Å². The van der Waals surface area contributed by atoms with Crippen LogP contribution in [0.2, 0.25) is 0 Å². The van der Waals surface area contributed by atoms with E-state index < -0.39 is 0 Å². The Kier molecular flexibility index (Phi) is 6.61. The van der Waals surface area contributed by atoms with Crippen LogP contribution >= 0.6 is 11.8 Å². The van der Waals surface area contributed by atoms with Crippen LogP contribution in [0.5, 0.6) is 0 Å². The van der Waals surface area contributed by atoms with Gasteiger partial charge in [0, 0.05) is 60.1 Å². The predicted molar refractivity (Wildman–Crippen MR) is 124 cm³/mol. The van der Waals surface area contributed by atoms with Crippen LogP contribution in [0.15, 0.2) is 58.0 Å². The molecule has 1 aliphatic heterocycles. The van der Waals surface area contributed by atoms with Gasteiger partial charge in [-0.1, -0.05) is 32.0 Å². The zero-order valence-electron chi connectivity index (χ0n) is 18.2. The van der Waals surface area contributed by atoms with Crippen molar-refractivity contribution in [3.05, 3.63) is 71.6 Å². The van der Waals surface area contributed by atoms with Crippen molar-refractivity contribution < 1.29 is 9.21 Å². The molecule has 1 amide bonds. The van der Waals surface area contributed by atoms with Gasteiger partial charge in [-0.15, -0.1) is 11.8 Å². The number of amides is 1. The Morgan fingerprint density at radius 1 is 1.10 bits per heavy atom. The number of carbonyl (C=O) groups is 1. The fourth-order valence-corrected chi connectivity index (χ4v) is 4.49. The molecule has 162 valence electrons. The first kappa shape index (κ1) is 21.4. The molecule has 6 nitrogen and oxygen atoms in total. The number of nitrogens with zero attached hydrogens (tertiary/aromatic N) is 4. The molecule has 0 atom stereocenters. The fourth-order valence-electron chi connectivity index (χ4n) is 3.59. The molecule has 1 fully saturated rings. The first-order chi connectivity index (χ1) is 15.0. The van der Waals surface area contributed by atoms with Crippen LogP contribution in [-0.4, -0.2) is 47.0 Å². The summed E-state index contributed by atoms with van der Waals surface area (Å²) in [5.41, 5.74) is 1.91. The molecule has 0 bridgehead atoms. The first-order valence-corrected chi connectivity index (χ1v) is 11.6. The summed E-state index contributed by atoms with van der Waals surface area (Å²) in [6.45, 7) is 8.99. The molecular formula is C24H28N4O2S. The number of thioether (sulfide) groups is 1. The second kappa shape index (κ2) is 9.56. The van der Waals surface area contributed by atoms with Gasteiger partial charge in [-0.3, -0.25) is 4.79 Å². The minimum absolute atomic E-state index is 0.0324. The molecule has 4 rings (SSSR count). The van der Waals surface area contributed by atoms with E-state index in [4.69, 9.17) is 9.40 Å². The second-order valence-electron chi connectivity index (χ2n) is 8.04. The fraction of sp³-hybridized carbons (Fsp3) is 0.375. The van der Waals surface area contributed by atoms with E-state index in [-0.39, 0.29) is 11.8 Å². The average Bonchev–Trinajstić information content (AvgIpc) is 3.26. The van der Waals surface area contributed by atoms with Crippen molar-refractivity contribution >= 4 is 23.5 Å². The molecule has 3 heterocycles. The number of rotatable bonds is 6. The van der Waals surface area contributed by atoms with Crippen molar-refractivity contribution in [1.29, 1.82) is 0 Å². The number of anilines is 1. The van der Waals surface area contributed by atoms with E-state index in [1.165, 1.54) is 4.90 Å². The highest BCUT2D eigenvalue weighted by molar-refractivity contribution is 7.98. The van der Waals surface area contributed by atoms with E-state index >= 15 is 0 Å². The monoisotopic (exact) mass is 436 g/mol. The van der Waals surface area contributed by atoms with Crippen molar-refractivity contribution in [1.82, 2.24) is 14.9 Å². The highest BCUT2D eigenvalue weighted by atomic mass is 32.2. The third kappa shape index (κ3) is 5.10. The van der Waals surface area contributed by atoms with Crippen LogP contribution in [0.4, 0.5) is 5.82 Å². The van der Waals surface area contributed by atoms with E-state index in [0.717, 1.165) is 36.0 Å². The Morgan fingerprint density at radius 3 is 2.55 bits per heavy atom. The quantitative estimate of drug-likeness (QED) is 0.520. The Labute approximate surface area is 187 Å². The van der Waals surface area contributed by atoms with Crippen molar-refractivity contribution in [2.45, 2.75) is 37.3 Å². The maximum Gasteiger partial charge on any atom is 0.289 e. The van der Waals surface area contributed by atoms with Crippen LogP contribution < -0.4 is 4.90 Å². The van der Waals surface area contributed by atoms with E-state index in [9.17, 15) is 4.79 Å². The van der Waals surface area contributed by atoms with Gasteiger partial charge in [0.2, 0.25) is 0 Å². The molecule has 1 aromatic carbocycles. The van der Waals surface area contributed by atoms with Crippen LogP contribution in [0.1, 0.15) is 47.4 Å². The zero-order chi connectivity index (χ0) is 21.8. The average molecular weight is 437 g/mol. The number of hydrogen-bond donors (Lipinski definition) is 0. The molecule has 7 heteroatoms. The molecule has 3 aromatic rings. The molecule has 31 heavy (non-hydrogen) atoms. The number of carbonyl (C=O) groups excluding carboxylic acids is 1. The Balaban J connectivity index is 1.39. The standard InChI is InChI=1S/C24H28N4O2S/c1-17(2)23-25-18(3)15-21(26-23)27-10-12-28(13-11-27)24(29)22-19(9-14-30-22)16-31-20-7-5-4-6-8-20/h4-9,14-15,17H,10-13,16H2,1-3H3. The number of piperazine rings is 1. The highest BCUT2D eigenvalue weighted by Crippen LogP contribution is 2.26. The van der Waals surface area contributed by atoms with Crippen molar-refractivity contribution in [2.24, 2.45) is 0 Å². The lowest BCUT2D eigenvalue weighted by Crippen LogP contribution is -2.49. The lowest BCUT2D eigenvalue weighted by molar-refractivity contribution is 0.0713. The summed E-state index contributed by atoms with van der Waals surface area (Å²) in [6, 6.07) is 14.1. The van der Waals surface area contributed by atoms with Crippen LogP contribution in [0.25, 0.3) is 0 Å². The van der Waals surface area contributed by atoms with Crippen LogP contribution in [0.3, 0.4) is 0 Å². The van der Waals surface area contributed by atoms with E-state index in [1.54, 1.807) is 18.0 Å². The molecule has 1 saturated heterocycles. The number of furan rings is 1. The van der Waals surface area contributed by atoms with Crippen molar-refractivity contribution in [3.63, 3.8) is 0 Å². The van der Waals surface area contributed by atoms with Crippen LogP contribution in [-0.2, 0) is 5.75 Å². The van der Waals surface area contributed by atoms with Gasteiger partial charge in [-0.25, -0.2) is 9.97 Å². The van der Waals surface area contributed by atoms with Crippen LogP contribution in [0, 0.1) is 6.92 Å². The maximum absolute atomic E-state index is 13.1. The van der Waals surface area contributed by atoms with E-state index in [2.05, 4.69) is 35.9 Å². The summed E-state index contributed by atoms with van der Waals surface area (Å²) < 4.78 is 5.60. The molecule has 0 radical (unpaired) electrons. The number of hydrogen-bond acceptors (Lipinski definition) is 6. The minimum Gasteiger partial charge on any atom is -0.459 e. The molecule has 1 aliphatic rings. The summed E-state index contributed by atoms with van der Waals surface area (Å²) in [5, 5.41) is 0.